The van der Waals surface area contributed by atoms with E-state index in [0.717, 1.165) is 5.82 Å². The lowest BCUT2D eigenvalue weighted by Crippen LogP contribution is -2.29. The number of likely N-dealkylation sites (tertiary alicyclic amines) is 1. The van der Waals surface area contributed by atoms with Gasteiger partial charge in [0.25, 0.3) is 0 Å². The Bertz CT molecular complexity index is 66.9. The van der Waals surface area contributed by atoms with E-state index < -0.39 is 0 Å². The summed E-state index contributed by atoms with van der Waals surface area (Å²) in [5, 5.41) is 0. The van der Waals surface area contributed by atoms with Gasteiger partial charge in [-0.05, 0) is 26.6 Å². The number of piperidine rings is 1. The van der Waals surface area contributed by atoms with Gasteiger partial charge in [0.15, 0.2) is 0 Å². The standard InChI is InChI=1S/C6H14BN/c1-8-4-2-3-6(7)5-8/h6H,2-5,7H2,1H3/t6-/m1/s1. The van der Waals surface area contributed by atoms with Crippen LogP contribution in [0.3, 0.4) is 0 Å². The van der Waals surface area contributed by atoms with Crippen LogP contribution in [0.5, 0.6) is 0 Å². The molecule has 8 heavy (non-hydrogen) atoms. The Kier molecular flexibility index (Phi) is 1.95. The molecule has 0 amide bonds. The normalized spacial score (nSPS) is 32.9. The minimum atomic E-state index is 0.939. The molecule has 0 unspecified atom stereocenters. The molecule has 1 nitrogen and oxygen atoms in total. The van der Waals surface area contributed by atoms with Crippen LogP contribution in [0, 0.1) is 0 Å². The molecule has 46 valence electrons. The van der Waals surface area contributed by atoms with Crippen LogP contribution in [0.25, 0.3) is 0 Å². The molecule has 1 atom stereocenters. The Hall–Kier alpha value is 0.0249. The van der Waals surface area contributed by atoms with E-state index in [1.54, 1.807) is 0 Å². The second kappa shape index (κ2) is 2.54. The molecule has 1 aliphatic rings. The van der Waals surface area contributed by atoms with Crippen molar-refractivity contribution in [1.29, 1.82) is 0 Å². The first kappa shape index (κ1) is 6.15. The average molecular weight is 111 g/mol. The predicted molar refractivity (Wildman–Crippen MR) is 39.0 cm³/mol. The first-order valence-electron chi connectivity index (χ1n) is 3.47. The van der Waals surface area contributed by atoms with Crippen molar-refractivity contribution >= 4 is 7.85 Å². The summed E-state index contributed by atoms with van der Waals surface area (Å²) in [5.41, 5.74) is 0. The van der Waals surface area contributed by atoms with Crippen molar-refractivity contribution in [3.8, 4) is 0 Å². The Morgan fingerprint density at radius 1 is 1.62 bits per heavy atom. The summed E-state index contributed by atoms with van der Waals surface area (Å²) in [6, 6.07) is 0. The Labute approximate surface area is 52.5 Å². The van der Waals surface area contributed by atoms with Crippen LogP contribution in [0.4, 0.5) is 0 Å². The van der Waals surface area contributed by atoms with Crippen molar-refractivity contribution in [2.75, 3.05) is 20.1 Å². The largest absolute Gasteiger partial charge is 0.307 e. The summed E-state index contributed by atoms with van der Waals surface area (Å²) in [5.74, 6) is 0.939. The van der Waals surface area contributed by atoms with Gasteiger partial charge in [0.1, 0.15) is 7.85 Å². The molecule has 0 aromatic carbocycles. The molecule has 0 aromatic rings. The van der Waals surface area contributed by atoms with E-state index >= 15 is 0 Å². The number of nitrogens with zero attached hydrogens (tertiary/aromatic N) is 1. The van der Waals surface area contributed by atoms with Crippen LogP contribution in [-0.4, -0.2) is 32.9 Å². The van der Waals surface area contributed by atoms with Gasteiger partial charge in [-0.2, -0.15) is 0 Å². The van der Waals surface area contributed by atoms with E-state index in [1.165, 1.54) is 25.9 Å². The van der Waals surface area contributed by atoms with Gasteiger partial charge in [-0.3, -0.25) is 0 Å². The van der Waals surface area contributed by atoms with E-state index in [4.69, 9.17) is 0 Å². The molecule has 0 bridgehead atoms. The van der Waals surface area contributed by atoms with Crippen LogP contribution in [0.15, 0.2) is 0 Å². The summed E-state index contributed by atoms with van der Waals surface area (Å²) < 4.78 is 0. The molecular formula is C6H14BN. The Morgan fingerprint density at radius 2 is 2.38 bits per heavy atom. The molecule has 1 saturated heterocycles. The topological polar surface area (TPSA) is 3.24 Å². The van der Waals surface area contributed by atoms with Crippen molar-refractivity contribution in [3.63, 3.8) is 0 Å². The van der Waals surface area contributed by atoms with Crippen molar-refractivity contribution in [1.82, 2.24) is 4.90 Å². The molecule has 0 radical (unpaired) electrons. The van der Waals surface area contributed by atoms with Gasteiger partial charge in [0.2, 0.25) is 0 Å². The molecule has 1 fully saturated rings. The van der Waals surface area contributed by atoms with Gasteiger partial charge < -0.3 is 4.90 Å². The molecule has 0 saturated carbocycles. The van der Waals surface area contributed by atoms with Crippen LogP contribution < -0.4 is 0 Å². The molecule has 0 aromatic heterocycles. The lowest BCUT2D eigenvalue weighted by molar-refractivity contribution is 0.277. The third-order valence-electron chi connectivity index (χ3n) is 1.86. The highest BCUT2D eigenvalue weighted by molar-refractivity contribution is 6.11. The van der Waals surface area contributed by atoms with E-state index in [9.17, 15) is 0 Å². The third-order valence-corrected chi connectivity index (χ3v) is 1.86. The zero-order valence-corrected chi connectivity index (χ0v) is 5.85. The lowest BCUT2D eigenvalue weighted by Gasteiger charge is -2.26. The van der Waals surface area contributed by atoms with Crippen LogP contribution >= 0.6 is 0 Å². The van der Waals surface area contributed by atoms with Crippen LogP contribution in [-0.2, 0) is 0 Å². The zero-order valence-electron chi connectivity index (χ0n) is 5.85. The molecule has 1 rings (SSSR count). The van der Waals surface area contributed by atoms with E-state index in [1.807, 2.05) is 0 Å². The maximum absolute atomic E-state index is 2.41. The van der Waals surface area contributed by atoms with E-state index in [2.05, 4.69) is 19.8 Å². The van der Waals surface area contributed by atoms with Gasteiger partial charge in [0, 0.05) is 0 Å². The van der Waals surface area contributed by atoms with Gasteiger partial charge >= 0.3 is 0 Å². The second-order valence-corrected chi connectivity index (χ2v) is 3.01. The van der Waals surface area contributed by atoms with Crippen molar-refractivity contribution in [2.45, 2.75) is 18.7 Å². The monoisotopic (exact) mass is 111 g/mol. The van der Waals surface area contributed by atoms with E-state index in [-0.39, 0.29) is 0 Å². The molecular weight excluding hydrogens is 96.9 g/mol. The quantitative estimate of drug-likeness (QED) is 0.401. The fourth-order valence-electron chi connectivity index (χ4n) is 1.42. The highest BCUT2D eigenvalue weighted by Gasteiger charge is 2.11. The molecule has 1 aliphatic heterocycles. The van der Waals surface area contributed by atoms with Gasteiger partial charge in [-0.1, -0.05) is 12.2 Å². The maximum Gasteiger partial charge on any atom is 0.107 e. The van der Waals surface area contributed by atoms with Gasteiger partial charge in [-0.25, -0.2) is 0 Å². The molecule has 0 spiro atoms. The Balaban J connectivity index is 2.23. The minimum absolute atomic E-state index is 0.939. The van der Waals surface area contributed by atoms with Crippen molar-refractivity contribution < 1.29 is 0 Å². The smallest absolute Gasteiger partial charge is 0.107 e. The SMILES string of the molecule is B[C@@H]1CCCN(C)C1. The highest BCUT2D eigenvalue weighted by atomic mass is 15.1. The second-order valence-electron chi connectivity index (χ2n) is 3.01. The van der Waals surface area contributed by atoms with Crippen molar-refractivity contribution in [2.24, 2.45) is 0 Å². The molecule has 0 aliphatic carbocycles. The first-order chi connectivity index (χ1) is 3.79. The summed E-state index contributed by atoms with van der Waals surface area (Å²) >= 11 is 0. The average Bonchev–Trinajstić information content (AvgIpc) is 1.64. The highest BCUT2D eigenvalue weighted by Crippen LogP contribution is 2.15. The lowest BCUT2D eigenvalue weighted by atomic mass is 9.81. The first-order valence-corrected chi connectivity index (χ1v) is 3.47. The molecule has 1 heterocycles. The summed E-state index contributed by atoms with van der Waals surface area (Å²) in [6.45, 7) is 2.62. The van der Waals surface area contributed by atoms with E-state index in [0.29, 0.717) is 0 Å². The van der Waals surface area contributed by atoms with Gasteiger partial charge in [-0.15, -0.1) is 0 Å². The maximum atomic E-state index is 2.41. The molecule has 2 heteroatoms. The number of hydrogen-bond acceptors (Lipinski definition) is 1. The van der Waals surface area contributed by atoms with Crippen LogP contribution in [0.2, 0.25) is 5.82 Å². The molecule has 0 N–H and O–H groups in total. The number of rotatable bonds is 0. The Morgan fingerprint density at radius 3 is 2.75 bits per heavy atom. The van der Waals surface area contributed by atoms with Crippen molar-refractivity contribution in [3.05, 3.63) is 0 Å². The van der Waals surface area contributed by atoms with Gasteiger partial charge in [0.05, 0.1) is 0 Å². The fraction of sp³-hybridized carbons (Fsp3) is 1.00. The zero-order chi connectivity index (χ0) is 5.98. The minimum Gasteiger partial charge on any atom is -0.307 e. The summed E-state index contributed by atoms with van der Waals surface area (Å²) in [7, 11) is 4.53. The summed E-state index contributed by atoms with van der Waals surface area (Å²) in [6.07, 6.45) is 2.84. The predicted octanol–water partition coefficient (Wildman–Crippen LogP) is 0.134. The summed E-state index contributed by atoms with van der Waals surface area (Å²) in [4.78, 5) is 2.41. The van der Waals surface area contributed by atoms with Crippen LogP contribution in [0.1, 0.15) is 12.8 Å². The number of hydrogen-bond donors (Lipinski definition) is 0. The third kappa shape index (κ3) is 1.51. The fourth-order valence-corrected chi connectivity index (χ4v) is 1.42.